The van der Waals surface area contributed by atoms with E-state index in [-0.39, 0.29) is 12.3 Å². The van der Waals surface area contributed by atoms with E-state index in [1.165, 1.54) is 0 Å². The van der Waals surface area contributed by atoms with E-state index in [1.807, 2.05) is 31.2 Å². The number of nitrogens with one attached hydrogen (secondary N) is 1. The van der Waals surface area contributed by atoms with Crippen molar-refractivity contribution in [2.24, 2.45) is 0 Å². The van der Waals surface area contributed by atoms with Crippen LogP contribution in [-0.4, -0.2) is 31.7 Å². The van der Waals surface area contributed by atoms with Crippen molar-refractivity contribution in [1.29, 1.82) is 0 Å². The molecule has 0 radical (unpaired) electrons. The number of carbonyl (C=O) groups excluding carboxylic acids is 1. The Balaban J connectivity index is 1.53. The minimum Gasteiger partial charge on any atom is -0.497 e. The molecule has 3 rings (SSSR count). The van der Waals surface area contributed by atoms with Crippen LogP contribution in [0, 0.1) is 0 Å². The third kappa shape index (κ3) is 5.92. The van der Waals surface area contributed by atoms with Gasteiger partial charge in [-0.15, -0.1) is 0 Å². The van der Waals surface area contributed by atoms with E-state index >= 15 is 0 Å². The highest BCUT2D eigenvalue weighted by atomic mass is 35.5. The third-order valence-corrected chi connectivity index (χ3v) is 4.84. The molecule has 0 atom stereocenters. The first-order valence-corrected chi connectivity index (χ1v) is 10.3. The van der Waals surface area contributed by atoms with E-state index in [4.69, 9.17) is 30.2 Å². The highest BCUT2D eigenvalue weighted by Crippen LogP contribution is 2.36. The molecule has 0 spiro atoms. The second-order valence-electron chi connectivity index (χ2n) is 6.67. The highest BCUT2D eigenvalue weighted by Gasteiger charge is 2.13. The van der Waals surface area contributed by atoms with Gasteiger partial charge in [-0.1, -0.05) is 11.6 Å². The van der Waals surface area contributed by atoms with Gasteiger partial charge in [-0.05, 0) is 48.9 Å². The Morgan fingerprint density at radius 2 is 1.94 bits per heavy atom. The highest BCUT2D eigenvalue weighted by molar-refractivity contribution is 6.32. The summed E-state index contributed by atoms with van der Waals surface area (Å²) in [6.07, 6.45) is 2.31. The topological polar surface area (TPSA) is 82.8 Å². The van der Waals surface area contributed by atoms with Gasteiger partial charge in [0, 0.05) is 24.9 Å². The van der Waals surface area contributed by atoms with Gasteiger partial charge in [0.25, 0.3) is 0 Å². The van der Waals surface area contributed by atoms with Crippen LogP contribution in [0.4, 0.5) is 0 Å². The summed E-state index contributed by atoms with van der Waals surface area (Å²) in [6, 6.07) is 11.1. The molecule has 0 unspecified atom stereocenters. The Kier molecular flexibility index (Phi) is 7.78. The zero-order valence-electron chi connectivity index (χ0n) is 17.7. The molecule has 3 aromatic rings. The maximum absolute atomic E-state index is 12.3. The molecular weight excluding hydrogens is 420 g/mol. The van der Waals surface area contributed by atoms with E-state index in [2.05, 4.69) is 10.3 Å². The van der Waals surface area contributed by atoms with Crippen LogP contribution in [0.2, 0.25) is 5.02 Å². The summed E-state index contributed by atoms with van der Waals surface area (Å²) in [7, 11) is 3.17. The molecule has 1 N–H and O–H groups in total. The van der Waals surface area contributed by atoms with Gasteiger partial charge in [-0.2, -0.15) is 0 Å². The first-order chi connectivity index (χ1) is 15.0. The van der Waals surface area contributed by atoms with Gasteiger partial charge in [-0.25, -0.2) is 4.98 Å². The molecule has 0 aliphatic carbocycles. The normalized spacial score (nSPS) is 10.6. The Labute approximate surface area is 186 Å². The van der Waals surface area contributed by atoms with Crippen LogP contribution in [0.3, 0.4) is 0 Å². The second kappa shape index (κ2) is 10.7. The average molecular weight is 445 g/mol. The minimum atomic E-state index is -0.117. The van der Waals surface area contributed by atoms with Crippen molar-refractivity contribution in [3.05, 3.63) is 59.1 Å². The van der Waals surface area contributed by atoms with Crippen LogP contribution >= 0.6 is 11.6 Å². The van der Waals surface area contributed by atoms with Crippen molar-refractivity contribution < 1.29 is 23.4 Å². The van der Waals surface area contributed by atoms with Gasteiger partial charge in [0.15, 0.2) is 23.1 Å². The van der Waals surface area contributed by atoms with Crippen molar-refractivity contribution in [3.8, 4) is 28.6 Å². The van der Waals surface area contributed by atoms with Gasteiger partial charge in [0.05, 0.1) is 32.0 Å². The summed E-state index contributed by atoms with van der Waals surface area (Å²) in [5.74, 6) is 2.84. The Morgan fingerprint density at radius 3 is 2.61 bits per heavy atom. The second-order valence-corrected chi connectivity index (χ2v) is 7.07. The molecule has 8 heteroatoms. The molecule has 0 bridgehead atoms. The molecule has 0 saturated heterocycles. The molecule has 1 aromatic heterocycles. The third-order valence-electron chi connectivity index (χ3n) is 4.56. The van der Waals surface area contributed by atoms with E-state index in [0.29, 0.717) is 47.7 Å². The maximum Gasteiger partial charge on any atom is 0.220 e. The van der Waals surface area contributed by atoms with Gasteiger partial charge in [-0.3, -0.25) is 4.79 Å². The van der Waals surface area contributed by atoms with Crippen LogP contribution in [0.5, 0.6) is 17.2 Å². The standard InChI is InChI=1S/C23H25ClN2O5/c1-4-30-23-18(24)11-15(12-19(23)29-3)13-25-21(27)9-10-22-26-14-20(31-22)16-5-7-17(28-2)8-6-16/h5-8,11-12,14H,4,9-10,13H2,1-3H3,(H,25,27). The predicted molar refractivity (Wildman–Crippen MR) is 118 cm³/mol. The number of hydrogen-bond acceptors (Lipinski definition) is 6. The maximum atomic E-state index is 12.3. The van der Waals surface area contributed by atoms with Gasteiger partial charge >= 0.3 is 0 Å². The number of ether oxygens (including phenoxy) is 3. The lowest BCUT2D eigenvalue weighted by Crippen LogP contribution is -2.23. The van der Waals surface area contributed by atoms with E-state index in [9.17, 15) is 4.79 Å². The lowest BCUT2D eigenvalue weighted by molar-refractivity contribution is -0.121. The zero-order valence-corrected chi connectivity index (χ0v) is 18.5. The lowest BCUT2D eigenvalue weighted by atomic mass is 10.2. The number of carbonyl (C=O) groups is 1. The molecule has 164 valence electrons. The number of oxazole rings is 1. The van der Waals surface area contributed by atoms with Crippen molar-refractivity contribution >= 4 is 17.5 Å². The number of methoxy groups -OCH3 is 2. The molecule has 0 saturated carbocycles. The number of benzene rings is 2. The van der Waals surface area contributed by atoms with Crippen LogP contribution in [0.25, 0.3) is 11.3 Å². The summed E-state index contributed by atoms with van der Waals surface area (Å²) < 4.78 is 21.8. The Hall–Kier alpha value is -3.19. The summed E-state index contributed by atoms with van der Waals surface area (Å²) in [5, 5.41) is 3.31. The first kappa shape index (κ1) is 22.5. The number of rotatable bonds is 10. The average Bonchev–Trinajstić information content (AvgIpc) is 3.27. The molecule has 0 fully saturated rings. The summed E-state index contributed by atoms with van der Waals surface area (Å²) in [5.41, 5.74) is 1.71. The summed E-state index contributed by atoms with van der Waals surface area (Å²) >= 11 is 6.27. The van der Waals surface area contributed by atoms with Crippen LogP contribution < -0.4 is 19.5 Å². The van der Waals surface area contributed by atoms with Crippen LogP contribution in [0.1, 0.15) is 24.8 Å². The summed E-state index contributed by atoms with van der Waals surface area (Å²) in [4.78, 5) is 16.5. The van der Waals surface area contributed by atoms with Crippen LogP contribution in [-0.2, 0) is 17.8 Å². The minimum absolute atomic E-state index is 0.117. The number of hydrogen-bond donors (Lipinski definition) is 1. The van der Waals surface area contributed by atoms with Crippen molar-refractivity contribution in [2.45, 2.75) is 26.3 Å². The monoisotopic (exact) mass is 444 g/mol. The molecule has 31 heavy (non-hydrogen) atoms. The smallest absolute Gasteiger partial charge is 0.220 e. The number of amides is 1. The Morgan fingerprint density at radius 1 is 1.16 bits per heavy atom. The van der Waals surface area contributed by atoms with Gasteiger partial charge in [0.2, 0.25) is 5.91 Å². The fourth-order valence-corrected chi connectivity index (χ4v) is 3.27. The van der Waals surface area contributed by atoms with Crippen molar-refractivity contribution in [3.63, 3.8) is 0 Å². The van der Waals surface area contributed by atoms with Gasteiger partial charge < -0.3 is 23.9 Å². The van der Waals surface area contributed by atoms with E-state index in [0.717, 1.165) is 16.9 Å². The Bertz CT molecular complexity index is 1020. The quantitative estimate of drug-likeness (QED) is 0.489. The largest absolute Gasteiger partial charge is 0.497 e. The van der Waals surface area contributed by atoms with E-state index in [1.54, 1.807) is 32.5 Å². The van der Waals surface area contributed by atoms with Crippen LogP contribution in [0.15, 0.2) is 47.0 Å². The van der Waals surface area contributed by atoms with Crippen molar-refractivity contribution in [1.82, 2.24) is 10.3 Å². The molecule has 1 heterocycles. The summed E-state index contributed by atoms with van der Waals surface area (Å²) in [6.45, 7) is 2.68. The molecule has 2 aromatic carbocycles. The van der Waals surface area contributed by atoms with E-state index < -0.39 is 0 Å². The molecule has 0 aliphatic heterocycles. The number of halogens is 1. The molecule has 0 aliphatic rings. The fraction of sp³-hybridized carbons (Fsp3) is 0.304. The predicted octanol–water partition coefficient (Wildman–Crippen LogP) is 4.66. The number of aryl methyl sites for hydroxylation is 1. The SMILES string of the molecule is CCOc1c(Cl)cc(CNC(=O)CCc2ncc(-c3ccc(OC)cc3)o2)cc1OC. The number of nitrogens with zero attached hydrogens (tertiary/aromatic N) is 1. The molecule has 1 amide bonds. The number of aromatic nitrogens is 1. The van der Waals surface area contributed by atoms with Crippen molar-refractivity contribution in [2.75, 3.05) is 20.8 Å². The lowest BCUT2D eigenvalue weighted by Gasteiger charge is -2.13. The molecule has 7 nitrogen and oxygen atoms in total. The zero-order chi connectivity index (χ0) is 22.2. The first-order valence-electron chi connectivity index (χ1n) is 9.89. The fourth-order valence-electron chi connectivity index (χ4n) is 2.98. The molecular formula is C23H25ClN2O5. The van der Waals surface area contributed by atoms with Gasteiger partial charge in [0.1, 0.15) is 5.75 Å².